The molecule has 0 amide bonds. The predicted molar refractivity (Wildman–Crippen MR) is 63.3 cm³/mol. The molecule has 1 aromatic heterocycles. The van der Waals surface area contributed by atoms with Crippen LogP contribution in [0.25, 0.3) is 0 Å². The second kappa shape index (κ2) is 6.08. The van der Waals surface area contributed by atoms with Gasteiger partial charge in [0.05, 0.1) is 4.90 Å². The summed E-state index contributed by atoms with van der Waals surface area (Å²) in [6.07, 6.45) is -6.99. The van der Waals surface area contributed by atoms with Gasteiger partial charge in [-0.25, -0.2) is 17.9 Å². The van der Waals surface area contributed by atoms with Crippen molar-refractivity contribution in [3.05, 3.63) is 16.3 Å². The van der Waals surface area contributed by atoms with E-state index in [1.807, 2.05) is 0 Å². The highest BCUT2D eigenvalue weighted by Crippen LogP contribution is 2.23. The zero-order valence-electron chi connectivity index (χ0n) is 9.97. The molecule has 6 nitrogen and oxygen atoms in total. The molecule has 2 N–H and O–H groups in total. The maximum atomic E-state index is 12.4. The van der Waals surface area contributed by atoms with E-state index in [1.54, 1.807) is 4.72 Å². The topological polar surface area (TPSA) is 92.7 Å². The van der Waals surface area contributed by atoms with Gasteiger partial charge >= 0.3 is 12.1 Å². The van der Waals surface area contributed by atoms with Crippen molar-refractivity contribution in [1.29, 1.82) is 0 Å². The van der Waals surface area contributed by atoms with Crippen molar-refractivity contribution in [2.45, 2.75) is 17.2 Å². The standard InChI is InChI=1S/C9H10F3NO5S2/c1-18-7(9(10,11)12)3-13-20(16,17)5-2-6(8(14)15)19-4-5/h2,4,7,13H,3H2,1H3,(H,14,15). The van der Waals surface area contributed by atoms with Crippen LogP contribution in [0.4, 0.5) is 13.2 Å². The smallest absolute Gasteiger partial charge is 0.415 e. The largest absolute Gasteiger partial charge is 0.477 e. The van der Waals surface area contributed by atoms with E-state index >= 15 is 0 Å². The number of carboxylic acids is 1. The Bertz CT molecular complexity index is 581. The summed E-state index contributed by atoms with van der Waals surface area (Å²) in [5.41, 5.74) is 0. The van der Waals surface area contributed by atoms with Gasteiger partial charge in [-0.1, -0.05) is 0 Å². The summed E-state index contributed by atoms with van der Waals surface area (Å²) in [5, 5.41) is 9.68. The number of thiophene rings is 1. The zero-order valence-corrected chi connectivity index (χ0v) is 11.6. The van der Waals surface area contributed by atoms with Gasteiger partial charge in [-0.2, -0.15) is 13.2 Å². The molecule has 20 heavy (non-hydrogen) atoms. The van der Waals surface area contributed by atoms with Crippen molar-refractivity contribution in [3.8, 4) is 0 Å². The van der Waals surface area contributed by atoms with E-state index in [0.717, 1.165) is 18.6 Å². The molecule has 0 bridgehead atoms. The lowest BCUT2D eigenvalue weighted by molar-refractivity contribution is -0.209. The maximum Gasteiger partial charge on any atom is 0.415 e. The molecule has 0 radical (unpaired) electrons. The summed E-state index contributed by atoms with van der Waals surface area (Å²) in [6, 6.07) is 0.866. The van der Waals surface area contributed by atoms with Gasteiger partial charge in [0, 0.05) is 19.0 Å². The molecular weight excluding hydrogens is 323 g/mol. The van der Waals surface area contributed by atoms with E-state index < -0.39 is 39.7 Å². The molecule has 1 unspecified atom stereocenters. The fourth-order valence-corrected chi connectivity index (χ4v) is 3.32. The van der Waals surface area contributed by atoms with Crippen molar-refractivity contribution in [2.75, 3.05) is 13.7 Å². The first kappa shape index (κ1) is 16.9. The fraction of sp³-hybridized carbons (Fsp3) is 0.444. The van der Waals surface area contributed by atoms with E-state index in [4.69, 9.17) is 5.11 Å². The molecule has 0 aliphatic rings. The molecule has 0 aliphatic heterocycles. The number of hydrogen-bond acceptors (Lipinski definition) is 5. The Hall–Kier alpha value is -1.17. The van der Waals surface area contributed by atoms with Crippen molar-refractivity contribution < 1.29 is 36.2 Å². The predicted octanol–water partition coefficient (Wildman–Crippen LogP) is 1.30. The lowest BCUT2D eigenvalue weighted by Gasteiger charge is -2.18. The Labute approximate surface area is 116 Å². The number of sulfonamides is 1. The number of carboxylic acid groups (broad SMARTS) is 1. The van der Waals surface area contributed by atoms with Crippen LogP contribution in [0.3, 0.4) is 0 Å². The van der Waals surface area contributed by atoms with Gasteiger partial charge in [-0.3, -0.25) is 0 Å². The lowest BCUT2D eigenvalue weighted by Crippen LogP contribution is -2.41. The molecule has 0 fully saturated rings. The summed E-state index contributed by atoms with van der Waals surface area (Å²) in [4.78, 5) is 9.97. The molecule has 1 rings (SSSR count). The van der Waals surface area contributed by atoms with Crippen LogP contribution in [0.5, 0.6) is 0 Å². The van der Waals surface area contributed by atoms with Gasteiger partial charge < -0.3 is 9.84 Å². The van der Waals surface area contributed by atoms with Crippen LogP contribution in [0.2, 0.25) is 0 Å². The van der Waals surface area contributed by atoms with Gasteiger partial charge in [0.15, 0.2) is 6.10 Å². The normalized spacial score (nSPS) is 14.2. The van der Waals surface area contributed by atoms with E-state index in [2.05, 4.69) is 4.74 Å². The van der Waals surface area contributed by atoms with Crippen molar-refractivity contribution >= 4 is 27.3 Å². The Balaban J connectivity index is 2.82. The number of aromatic carboxylic acids is 1. The van der Waals surface area contributed by atoms with Crippen molar-refractivity contribution in [1.82, 2.24) is 4.72 Å². The van der Waals surface area contributed by atoms with E-state index in [1.165, 1.54) is 0 Å². The monoisotopic (exact) mass is 333 g/mol. The van der Waals surface area contributed by atoms with Crippen LogP contribution in [0.1, 0.15) is 9.67 Å². The SMILES string of the molecule is COC(CNS(=O)(=O)c1csc(C(=O)O)c1)C(F)(F)F. The van der Waals surface area contributed by atoms with Gasteiger partial charge in [-0.05, 0) is 6.07 Å². The molecule has 0 saturated heterocycles. The molecule has 1 heterocycles. The van der Waals surface area contributed by atoms with Crippen LogP contribution in [0, 0.1) is 0 Å². The van der Waals surface area contributed by atoms with E-state index in [-0.39, 0.29) is 4.88 Å². The van der Waals surface area contributed by atoms with Gasteiger partial charge in [0.2, 0.25) is 10.0 Å². The number of methoxy groups -OCH3 is 1. The first-order valence-electron chi connectivity index (χ1n) is 4.99. The minimum absolute atomic E-state index is 0.232. The summed E-state index contributed by atoms with van der Waals surface area (Å²) >= 11 is 0.658. The minimum Gasteiger partial charge on any atom is -0.477 e. The average molecular weight is 333 g/mol. The number of hydrogen-bond donors (Lipinski definition) is 2. The summed E-state index contributed by atoms with van der Waals surface area (Å²) in [5.74, 6) is -1.32. The third kappa shape index (κ3) is 4.16. The van der Waals surface area contributed by atoms with Gasteiger partial charge in [-0.15, -0.1) is 11.3 Å². The number of ether oxygens (including phenoxy) is 1. The fourth-order valence-electron chi connectivity index (χ4n) is 1.17. The van der Waals surface area contributed by atoms with Crippen LogP contribution in [-0.2, 0) is 14.8 Å². The van der Waals surface area contributed by atoms with E-state index in [9.17, 15) is 26.4 Å². The number of rotatable bonds is 6. The molecule has 1 atom stereocenters. The quantitative estimate of drug-likeness (QED) is 0.819. The van der Waals surface area contributed by atoms with Crippen molar-refractivity contribution in [3.63, 3.8) is 0 Å². The van der Waals surface area contributed by atoms with Gasteiger partial charge in [0.25, 0.3) is 0 Å². The highest BCUT2D eigenvalue weighted by molar-refractivity contribution is 7.89. The lowest BCUT2D eigenvalue weighted by atomic mass is 10.3. The first-order chi connectivity index (χ1) is 9.08. The molecule has 0 saturated carbocycles. The zero-order chi connectivity index (χ0) is 15.6. The molecule has 0 aromatic carbocycles. The van der Waals surface area contributed by atoms with Crippen LogP contribution >= 0.6 is 11.3 Å². The van der Waals surface area contributed by atoms with Crippen LogP contribution in [0.15, 0.2) is 16.3 Å². The Morgan fingerprint density at radius 2 is 2.15 bits per heavy atom. The number of halogens is 3. The molecule has 0 spiro atoms. The summed E-state index contributed by atoms with van der Waals surface area (Å²) in [7, 11) is -3.42. The van der Waals surface area contributed by atoms with Crippen LogP contribution < -0.4 is 4.72 Å². The molecule has 1 aromatic rings. The molecule has 0 aliphatic carbocycles. The van der Waals surface area contributed by atoms with E-state index in [0.29, 0.717) is 11.3 Å². The van der Waals surface area contributed by atoms with Gasteiger partial charge in [0.1, 0.15) is 4.88 Å². The summed E-state index contributed by atoms with van der Waals surface area (Å²) in [6.45, 7) is -0.999. The number of nitrogens with one attached hydrogen (secondary N) is 1. The summed E-state index contributed by atoms with van der Waals surface area (Å²) < 4.78 is 66.4. The highest BCUT2D eigenvalue weighted by atomic mass is 32.2. The second-order valence-electron chi connectivity index (χ2n) is 3.57. The number of alkyl halides is 3. The minimum atomic E-state index is -4.71. The molecular formula is C9H10F3NO5S2. The molecule has 114 valence electrons. The molecule has 11 heteroatoms. The Kier molecular flexibility index (Phi) is 5.13. The Morgan fingerprint density at radius 1 is 1.55 bits per heavy atom. The van der Waals surface area contributed by atoms with Crippen molar-refractivity contribution in [2.24, 2.45) is 0 Å². The third-order valence-electron chi connectivity index (χ3n) is 2.20. The average Bonchev–Trinajstić information content (AvgIpc) is 2.77. The Morgan fingerprint density at radius 3 is 2.55 bits per heavy atom. The third-order valence-corrected chi connectivity index (χ3v) is 4.68. The first-order valence-corrected chi connectivity index (χ1v) is 7.35. The van der Waals surface area contributed by atoms with Crippen LogP contribution in [-0.4, -0.2) is 45.4 Å². The highest BCUT2D eigenvalue weighted by Gasteiger charge is 2.40. The number of carbonyl (C=O) groups is 1. The second-order valence-corrected chi connectivity index (χ2v) is 6.25. The maximum absolute atomic E-state index is 12.4.